The van der Waals surface area contributed by atoms with E-state index in [1.165, 1.54) is 6.26 Å². The summed E-state index contributed by atoms with van der Waals surface area (Å²) < 4.78 is 13.8. The molecule has 0 radical (unpaired) electrons. The molecule has 0 aliphatic carbocycles. The van der Waals surface area contributed by atoms with Crippen molar-refractivity contribution in [2.75, 3.05) is 0 Å². The van der Waals surface area contributed by atoms with Crippen LogP contribution in [0.5, 0.6) is 0 Å². The Balaban J connectivity index is 1.59. The van der Waals surface area contributed by atoms with Crippen LogP contribution in [-0.4, -0.2) is 0 Å². The quantitative estimate of drug-likeness (QED) is 0.354. The van der Waals surface area contributed by atoms with E-state index in [0.29, 0.717) is 34.0 Å². The zero-order chi connectivity index (χ0) is 20.5. The highest BCUT2D eigenvalue weighted by molar-refractivity contribution is 6.34. The van der Waals surface area contributed by atoms with Crippen molar-refractivity contribution < 1.29 is 13.4 Å². The number of hydrogen-bond donors (Lipinski definition) is 0. The number of hydrogen-bond acceptors (Lipinski definition) is 3. The van der Waals surface area contributed by atoms with E-state index in [0.717, 1.165) is 16.7 Å². The fourth-order valence-corrected chi connectivity index (χ4v) is 3.74. The van der Waals surface area contributed by atoms with E-state index in [2.05, 4.69) is 16.7 Å². The first-order valence-corrected chi connectivity index (χ1v) is 9.92. The van der Waals surface area contributed by atoms with Gasteiger partial charge in [0.2, 0.25) is 5.58 Å². The van der Waals surface area contributed by atoms with Crippen LogP contribution in [0.25, 0.3) is 34.2 Å². The number of halogens is 1. The zero-order valence-electron chi connectivity index (χ0n) is 15.9. The van der Waals surface area contributed by atoms with Crippen molar-refractivity contribution in [1.29, 1.82) is 0 Å². The summed E-state index contributed by atoms with van der Waals surface area (Å²) in [4.78, 5) is 12.8. The van der Waals surface area contributed by atoms with Crippen molar-refractivity contribution in [3.8, 4) is 0 Å². The Morgan fingerprint density at radius 2 is 1.70 bits per heavy atom. The lowest BCUT2D eigenvalue weighted by molar-refractivity contribution is -0.669. The molecule has 0 bridgehead atoms. The summed E-state index contributed by atoms with van der Waals surface area (Å²) in [6, 6.07) is 23.2. The molecule has 30 heavy (non-hydrogen) atoms. The first kappa shape index (κ1) is 18.4. The lowest BCUT2D eigenvalue weighted by atomic mass is 10.1. The van der Waals surface area contributed by atoms with E-state index >= 15 is 0 Å². The van der Waals surface area contributed by atoms with Crippen LogP contribution in [0, 0.1) is 0 Å². The predicted octanol–water partition coefficient (Wildman–Crippen LogP) is 5.70. The summed E-state index contributed by atoms with van der Waals surface area (Å²) in [5, 5.41) is 0.865. The molecule has 4 nitrogen and oxygen atoms in total. The first-order valence-electron chi connectivity index (χ1n) is 9.54. The number of fused-ring (bicyclic) bond motifs is 2. The van der Waals surface area contributed by atoms with Crippen LogP contribution in [0.2, 0.25) is 5.02 Å². The second-order valence-electron chi connectivity index (χ2n) is 6.95. The molecule has 0 unspecified atom stereocenters. The van der Waals surface area contributed by atoms with Gasteiger partial charge in [-0.15, -0.1) is 0 Å². The summed E-state index contributed by atoms with van der Waals surface area (Å²) in [5.41, 5.74) is 3.61. The summed E-state index contributed by atoms with van der Waals surface area (Å²) in [6.45, 7) is 0.652. The maximum absolute atomic E-state index is 12.8. The lowest BCUT2D eigenvalue weighted by Crippen LogP contribution is -2.35. The van der Waals surface area contributed by atoms with Gasteiger partial charge in [-0.2, -0.15) is 4.57 Å². The maximum atomic E-state index is 12.8. The second kappa shape index (κ2) is 7.65. The van der Waals surface area contributed by atoms with Crippen molar-refractivity contribution in [1.82, 2.24) is 0 Å². The lowest BCUT2D eigenvalue weighted by Gasteiger charge is -2.00. The van der Waals surface area contributed by atoms with Gasteiger partial charge in [0.25, 0.3) is 5.52 Å². The van der Waals surface area contributed by atoms with Gasteiger partial charge in [0.1, 0.15) is 6.26 Å². The summed E-state index contributed by atoms with van der Waals surface area (Å²) in [7, 11) is 0. The van der Waals surface area contributed by atoms with E-state index in [1.807, 2.05) is 42.5 Å². The fraction of sp³-hybridized carbons (Fsp3) is 0.0400. The Bertz CT molecular complexity index is 1450. The van der Waals surface area contributed by atoms with E-state index in [1.54, 1.807) is 30.4 Å². The standard InChI is InChI=1S/C25H17ClNO3/c26-20-10-6-9-19-24(28)18(16-29-25(19)20)13-14-23-27(15-17-7-2-1-3-8-17)21-11-4-5-12-22(21)30-23/h1-14,16H,15H2/q+1/b14-13+. The summed E-state index contributed by atoms with van der Waals surface area (Å²) >= 11 is 6.13. The molecule has 0 saturated heterocycles. The van der Waals surface area contributed by atoms with Gasteiger partial charge in [0, 0.05) is 11.6 Å². The second-order valence-corrected chi connectivity index (χ2v) is 7.36. The van der Waals surface area contributed by atoms with Crippen LogP contribution >= 0.6 is 11.6 Å². The molecule has 0 saturated carbocycles. The molecule has 2 aromatic heterocycles. The van der Waals surface area contributed by atoms with Crippen molar-refractivity contribution in [3.05, 3.63) is 111 Å². The molecule has 3 aromatic carbocycles. The predicted molar refractivity (Wildman–Crippen MR) is 118 cm³/mol. The Hall–Kier alpha value is -3.63. The number of benzene rings is 3. The highest BCUT2D eigenvalue weighted by Crippen LogP contribution is 2.22. The van der Waals surface area contributed by atoms with E-state index in [9.17, 15) is 4.79 Å². The summed E-state index contributed by atoms with van der Waals surface area (Å²) in [5.74, 6) is 0.644. The molecule has 2 heterocycles. The van der Waals surface area contributed by atoms with E-state index in [4.69, 9.17) is 20.4 Å². The van der Waals surface area contributed by atoms with Gasteiger partial charge in [-0.25, -0.2) is 0 Å². The van der Waals surface area contributed by atoms with Crippen LogP contribution < -0.4 is 10.00 Å². The van der Waals surface area contributed by atoms with E-state index < -0.39 is 0 Å². The van der Waals surface area contributed by atoms with Crippen molar-refractivity contribution >= 4 is 45.8 Å². The van der Waals surface area contributed by atoms with Crippen LogP contribution in [0.15, 0.2) is 92.7 Å². The van der Waals surface area contributed by atoms with Crippen LogP contribution in [0.4, 0.5) is 0 Å². The number of aromatic nitrogens is 1. The smallest absolute Gasteiger partial charge is 0.374 e. The summed E-state index contributed by atoms with van der Waals surface area (Å²) in [6.07, 6.45) is 4.94. The molecular weight excluding hydrogens is 398 g/mol. The molecule has 5 aromatic rings. The third-order valence-electron chi connectivity index (χ3n) is 5.00. The average molecular weight is 415 g/mol. The third kappa shape index (κ3) is 3.31. The average Bonchev–Trinajstić information content (AvgIpc) is 3.12. The minimum Gasteiger partial charge on any atom is -0.462 e. The van der Waals surface area contributed by atoms with Gasteiger partial charge in [-0.3, -0.25) is 4.79 Å². The van der Waals surface area contributed by atoms with Crippen molar-refractivity contribution in [2.45, 2.75) is 6.54 Å². The molecule has 0 amide bonds. The van der Waals surface area contributed by atoms with Gasteiger partial charge < -0.3 is 8.83 Å². The molecule has 0 aliphatic rings. The zero-order valence-corrected chi connectivity index (χ0v) is 16.7. The number of nitrogens with zero attached hydrogens (tertiary/aromatic N) is 1. The highest BCUT2D eigenvalue weighted by Gasteiger charge is 2.20. The van der Waals surface area contributed by atoms with Gasteiger partial charge in [0.15, 0.2) is 17.6 Å². The Labute approximate surface area is 177 Å². The number of rotatable bonds is 4. The molecule has 0 N–H and O–H groups in total. The minimum absolute atomic E-state index is 0.138. The van der Waals surface area contributed by atoms with Gasteiger partial charge in [-0.05, 0) is 24.3 Å². The monoisotopic (exact) mass is 414 g/mol. The Morgan fingerprint density at radius 3 is 2.57 bits per heavy atom. The largest absolute Gasteiger partial charge is 0.462 e. The maximum Gasteiger partial charge on any atom is 0.374 e. The van der Waals surface area contributed by atoms with Gasteiger partial charge in [-0.1, -0.05) is 60.1 Å². The normalized spacial score (nSPS) is 11.6. The Morgan fingerprint density at radius 1 is 0.900 bits per heavy atom. The fourth-order valence-electron chi connectivity index (χ4n) is 3.52. The molecule has 0 atom stereocenters. The van der Waals surface area contributed by atoms with Crippen molar-refractivity contribution in [2.24, 2.45) is 0 Å². The van der Waals surface area contributed by atoms with Crippen LogP contribution in [0.1, 0.15) is 17.0 Å². The molecule has 5 rings (SSSR count). The molecular formula is C25H17ClNO3+. The molecule has 0 fully saturated rings. The number of oxazole rings is 1. The van der Waals surface area contributed by atoms with E-state index in [-0.39, 0.29) is 5.43 Å². The highest BCUT2D eigenvalue weighted by atomic mass is 35.5. The van der Waals surface area contributed by atoms with Gasteiger partial charge >= 0.3 is 5.89 Å². The topological polar surface area (TPSA) is 47.2 Å². The molecule has 5 heteroatoms. The SMILES string of the molecule is O=c1c(/C=C/c2oc3ccccc3[n+]2Cc2ccccc2)coc2c(Cl)cccc12. The molecule has 0 aliphatic heterocycles. The molecule has 0 spiro atoms. The van der Waals surface area contributed by atoms with Crippen LogP contribution in [-0.2, 0) is 6.54 Å². The number of para-hydroxylation sites is 3. The molecule has 146 valence electrons. The first-order chi connectivity index (χ1) is 14.7. The van der Waals surface area contributed by atoms with Crippen LogP contribution in [0.3, 0.4) is 0 Å². The van der Waals surface area contributed by atoms with Crippen molar-refractivity contribution in [3.63, 3.8) is 0 Å². The Kier molecular flexibility index (Phi) is 4.69. The minimum atomic E-state index is -0.138. The van der Waals surface area contributed by atoms with Gasteiger partial charge in [0.05, 0.1) is 22.0 Å². The third-order valence-corrected chi connectivity index (χ3v) is 5.30.